The van der Waals surface area contributed by atoms with Crippen molar-refractivity contribution >= 4 is 52.6 Å². The molecule has 0 fully saturated rings. The summed E-state index contributed by atoms with van der Waals surface area (Å²) in [7, 11) is 0. The fraction of sp³-hybridized carbons (Fsp3) is 0.465. The minimum Gasteiger partial charge on any atom is -0.508 e. The minimum absolute atomic E-state index is 0.00118. The lowest BCUT2D eigenvalue weighted by Crippen LogP contribution is -2.45. The van der Waals surface area contributed by atoms with Crippen LogP contribution in [-0.4, -0.2) is 118 Å². The predicted octanol–water partition coefficient (Wildman–Crippen LogP) is 28.6. The lowest BCUT2D eigenvalue weighted by atomic mass is 9.85. The van der Waals surface area contributed by atoms with E-state index in [1.165, 1.54) is 13.0 Å². The van der Waals surface area contributed by atoms with Crippen LogP contribution in [0.15, 0.2) is 179 Å². The molecule has 4 aliphatic rings. The van der Waals surface area contributed by atoms with E-state index in [1.54, 1.807) is 94.2 Å². The molecule has 4 aromatic carbocycles. The Balaban J connectivity index is 1.10. The summed E-state index contributed by atoms with van der Waals surface area (Å²) in [6.07, 6.45) is -14.5. The SMILES string of the molecule is CCCCC(CC)(OCCN(CCOC(CC)(CCCC)C(=O)c1cc2cc(c1)OC(C)(C(F)=C(F)F)CCC(C)(C(F)=C(F)F)O2)c1ccc(/C=C/c2sc(/C=C/C3=C(C#N)C(=C(C#N)C#N)OC3(C)C)c3c2OCC(COC(C)(CCC)C(=O)c2cc4cc(c2)OC(C)(C(F)=C(F)F)CCC(C)(C(F)=C(F)F)O4)O3)cc1)C(=O)c1cc(O)cc(OC(C)(CCC(C)C(F)=C(F)F)C(F)=C(F)F)c1. The van der Waals surface area contributed by atoms with Crippen LogP contribution in [0.2, 0.25) is 0 Å². The zero-order chi connectivity index (χ0) is 103. The predicted molar refractivity (Wildman–Crippen MR) is 481 cm³/mol. The van der Waals surface area contributed by atoms with E-state index < -0.39 is 236 Å². The number of Topliss-reactive ketones (excluding diaryl/α,β-unsaturated/α-hetero) is 3. The van der Waals surface area contributed by atoms with Gasteiger partial charge in [0, 0.05) is 65.2 Å². The maximum atomic E-state index is 15.6. The number of phenols is 1. The van der Waals surface area contributed by atoms with E-state index in [1.807, 2.05) is 19.9 Å². The zero-order valence-electron chi connectivity index (χ0n) is 78.7. The molecule has 0 radical (unpaired) electrons. The molecule has 10 unspecified atom stereocenters. The molecule has 0 amide bonds. The highest BCUT2D eigenvalue weighted by atomic mass is 32.1. The van der Waals surface area contributed by atoms with Crippen LogP contribution in [0.25, 0.3) is 18.2 Å². The van der Waals surface area contributed by atoms with Gasteiger partial charge in [-0.15, -0.1) is 11.3 Å². The normalized spacial score (nSPS) is 20.6. The van der Waals surface area contributed by atoms with Crippen LogP contribution in [0.1, 0.15) is 246 Å². The molecule has 5 heterocycles. The van der Waals surface area contributed by atoms with Crippen molar-refractivity contribution in [3.63, 3.8) is 0 Å². The summed E-state index contributed by atoms with van der Waals surface area (Å²) in [5.74, 6) is -19.4. The van der Waals surface area contributed by atoms with Gasteiger partial charge in [0.25, 0.3) is 0 Å². The summed E-state index contributed by atoms with van der Waals surface area (Å²) >= 11 is 1.12. The van der Waals surface area contributed by atoms with Gasteiger partial charge in [0.05, 0.1) is 29.6 Å². The van der Waals surface area contributed by atoms with Gasteiger partial charge in [0.15, 0.2) is 80.1 Å². The van der Waals surface area contributed by atoms with Gasteiger partial charge in [-0.2, -0.15) is 68.5 Å². The van der Waals surface area contributed by atoms with Crippen LogP contribution in [-0.2, 0) is 18.9 Å². The number of halogens is 18. The third-order valence-electron chi connectivity index (χ3n) is 25.0. The number of allylic oxidation sites excluding steroid dienone is 3. The number of benzene rings is 4. The number of thiophene rings is 1. The average Bonchev–Trinajstić information content (AvgIpc) is 1.77. The largest absolute Gasteiger partial charge is 0.508 e. The lowest BCUT2D eigenvalue weighted by Gasteiger charge is -2.35. The standard InChI is InChI=1S/C101H106F18N4O15S/c1-15-20-32-100(18-4,85(126)59-43-64(124)49-65(44-59)133-94(9,79(103)88(110)111)34-30-57(6)75(102)87(108)109)129-41-39-123(40-42-130-101(19-5,33-21-16-2)86(127)61-47-68-51-69(48-61)137-98(13,83(107)92(118)119)38-37-97(12,136-68)82(106)91(116)117)63-25-22-58(23-26-63)24-28-73-77-78(74(139-73)29-27-72-71(54-122)76(62(52-120)53-121)138-93(72,7)8)132-70(55-128-77)56-131-99(14,31-17-3)84(125)60-45-66-50-67(46-60)135-96(11,81(105)90(114)115)36-35-95(10,134-66)80(104)89(112)113/h22-29,43-51,57,70,124H,15-21,30-42,55-56H2,1-14H3/b28-24+,29-27+. The van der Waals surface area contributed by atoms with E-state index in [-0.39, 0.29) is 117 Å². The Labute approximate surface area is 796 Å². The summed E-state index contributed by atoms with van der Waals surface area (Å²) in [5.41, 5.74) is -20.2. The summed E-state index contributed by atoms with van der Waals surface area (Å²) in [6, 6.07) is 21.6. The van der Waals surface area contributed by atoms with E-state index in [4.69, 9.17) is 52.1 Å². The van der Waals surface area contributed by atoms with Crippen LogP contribution in [0.3, 0.4) is 0 Å². The summed E-state index contributed by atoms with van der Waals surface area (Å²) in [4.78, 5) is 48.4. The number of rotatable bonds is 43. The molecule has 1 aromatic heterocycles. The smallest absolute Gasteiger partial charge is 0.305 e. The van der Waals surface area contributed by atoms with Gasteiger partial charge in [0.2, 0.25) is 29.1 Å². The second-order valence-corrected chi connectivity index (χ2v) is 36.9. The molecule has 4 bridgehead atoms. The van der Waals surface area contributed by atoms with Crippen LogP contribution >= 0.6 is 11.3 Å². The van der Waals surface area contributed by atoms with Crippen molar-refractivity contribution in [2.24, 2.45) is 5.92 Å². The Morgan fingerprint density at radius 1 is 0.525 bits per heavy atom. The molecule has 38 heteroatoms. The highest BCUT2D eigenvalue weighted by molar-refractivity contribution is 7.14. The Morgan fingerprint density at radius 3 is 1.39 bits per heavy atom. The molecule has 1 N–H and O–H groups in total. The molecule has 139 heavy (non-hydrogen) atoms. The highest BCUT2D eigenvalue weighted by Crippen LogP contribution is 2.52. The molecule has 752 valence electrons. The first-order chi connectivity index (χ1) is 65.3. The Kier molecular flexibility index (Phi) is 36.6. The third kappa shape index (κ3) is 25.7. The Bertz CT molecular complexity index is 5740. The molecular weight excluding hydrogens is 1880 g/mol. The molecule has 4 aliphatic heterocycles. The van der Waals surface area contributed by atoms with E-state index in [2.05, 4.69) is 0 Å². The summed E-state index contributed by atoms with van der Waals surface area (Å²) < 4.78 is 329. The first kappa shape index (κ1) is 111. The molecule has 9 rings (SSSR count). The van der Waals surface area contributed by atoms with Crippen molar-refractivity contribution < 1.29 is 151 Å². The topological polar surface area (TPSA) is 248 Å². The number of nitriles is 3. The molecular formula is C101H106F18N4O15S. The maximum Gasteiger partial charge on any atom is 0.305 e. The van der Waals surface area contributed by atoms with Gasteiger partial charge >= 0.3 is 36.5 Å². The van der Waals surface area contributed by atoms with Gasteiger partial charge < -0.3 is 62.1 Å². The van der Waals surface area contributed by atoms with E-state index in [9.17, 15) is 78.0 Å². The number of anilines is 1. The number of hydrogen-bond donors (Lipinski definition) is 1. The average molecular weight is 1990 g/mol. The molecule has 0 saturated carbocycles. The fourth-order valence-electron chi connectivity index (χ4n) is 16.7. The van der Waals surface area contributed by atoms with Crippen molar-refractivity contribution in [1.29, 1.82) is 15.8 Å². The number of fused-ring (bicyclic) bond motifs is 5. The van der Waals surface area contributed by atoms with Crippen molar-refractivity contribution in [2.75, 3.05) is 44.4 Å². The summed E-state index contributed by atoms with van der Waals surface area (Å²) in [5, 5.41) is 41.5. The van der Waals surface area contributed by atoms with Crippen LogP contribution < -0.4 is 38.1 Å². The Hall–Kier alpha value is -11.9. The number of hydrogen-bond acceptors (Lipinski definition) is 20. The van der Waals surface area contributed by atoms with Crippen molar-refractivity contribution in [1.82, 2.24) is 0 Å². The number of unbranched alkanes of at least 4 members (excludes halogenated alkanes) is 2. The van der Waals surface area contributed by atoms with Crippen molar-refractivity contribution in [3.05, 3.63) is 211 Å². The van der Waals surface area contributed by atoms with Gasteiger partial charge in [-0.05, 0) is 192 Å². The number of carbonyl (C=O) groups excluding carboxylic acids is 3. The minimum atomic E-state index is -2.86. The second kappa shape index (κ2) is 46.0. The number of aromatic hydroxyl groups is 1. The number of carbonyl (C=O) groups is 3. The molecule has 10 atom stereocenters. The first-order valence-corrected chi connectivity index (χ1v) is 45.6. The first-order valence-electron chi connectivity index (χ1n) is 44.8. The van der Waals surface area contributed by atoms with Gasteiger partial charge in [-0.3, -0.25) is 14.4 Å². The molecule has 0 saturated heterocycles. The second-order valence-electron chi connectivity index (χ2n) is 35.8. The van der Waals surface area contributed by atoms with Gasteiger partial charge in [-0.25, -0.2) is 26.3 Å². The highest BCUT2D eigenvalue weighted by Gasteiger charge is 2.50. The zero-order valence-corrected chi connectivity index (χ0v) is 79.5. The number of ether oxygens (including phenoxy) is 11. The molecule has 5 aromatic rings. The van der Waals surface area contributed by atoms with Gasteiger partial charge in [-0.1, -0.05) is 97.9 Å². The summed E-state index contributed by atoms with van der Waals surface area (Å²) in [6.45, 7) is 17.1. The number of nitrogens with zero attached hydrogens (tertiary/aromatic N) is 4. The van der Waals surface area contributed by atoms with Crippen molar-refractivity contribution in [3.8, 4) is 64.2 Å². The van der Waals surface area contributed by atoms with E-state index in [0.29, 0.717) is 46.7 Å². The van der Waals surface area contributed by atoms with Crippen molar-refractivity contribution in [2.45, 2.75) is 256 Å². The quantitative estimate of drug-likeness (QED) is 0.0216. The fourth-order valence-corrected chi connectivity index (χ4v) is 17.7. The monoisotopic (exact) mass is 1990 g/mol. The molecule has 0 spiro atoms. The Morgan fingerprint density at radius 2 is 0.971 bits per heavy atom. The van der Waals surface area contributed by atoms with E-state index in [0.717, 1.165) is 107 Å². The maximum absolute atomic E-state index is 15.6. The van der Waals surface area contributed by atoms with Gasteiger partial charge in [0.1, 0.15) is 87.3 Å². The lowest BCUT2D eigenvalue weighted by molar-refractivity contribution is -0.0626. The van der Waals surface area contributed by atoms with Crippen LogP contribution in [0.5, 0.6) is 46.0 Å². The third-order valence-corrected chi connectivity index (χ3v) is 26.0. The molecule has 0 aliphatic carbocycles. The van der Waals surface area contributed by atoms with Crippen LogP contribution in [0.4, 0.5) is 84.7 Å². The van der Waals surface area contributed by atoms with E-state index >= 15 is 36.3 Å². The van der Waals surface area contributed by atoms with Crippen LogP contribution in [0, 0.1) is 39.9 Å². The number of ketones is 3. The molecule has 19 nitrogen and oxygen atoms in total. The number of phenolic OH excluding ortho intramolecular Hbond substituents is 1.